The highest BCUT2D eigenvalue weighted by molar-refractivity contribution is 5.05. The van der Waals surface area contributed by atoms with E-state index in [9.17, 15) is 0 Å². The van der Waals surface area contributed by atoms with Crippen LogP contribution in [-0.2, 0) is 11.2 Å². The van der Waals surface area contributed by atoms with Crippen LogP contribution in [0.15, 0.2) is 24.4 Å². The van der Waals surface area contributed by atoms with E-state index < -0.39 is 0 Å². The molecule has 3 heteroatoms. The lowest BCUT2D eigenvalue weighted by Crippen LogP contribution is -2.42. The molecule has 0 saturated carbocycles. The highest BCUT2D eigenvalue weighted by Gasteiger charge is 2.17. The Morgan fingerprint density at radius 3 is 2.76 bits per heavy atom. The van der Waals surface area contributed by atoms with Gasteiger partial charge in [0.05, 0.1) is 6.10 Å². The lowest BCUT2D eigenvalue weighted by Gasteiger charge is -2.24. The monoisotopic (exact) mass is 236 g/mol. The maximum atomic E-state index is 5.68. The SMILES string of the molecule is CCCNC(Cc1ccccn1)C(C)OCC. The number of rotatable bonds is 8. The lowest BCUT2D eigenvalue weighted by atomic mass is 10.1. The highest BCUT2D eigenvalue weighted by atomic mass is 16.5. The molecule has 0 bridgehead atoms. The lowest BCUT2D eigenvalue weighted by molar-refractivity contribution is 0.0474. The molecule has 96 valence electrons. The fourth-order valence-electron chi connectivity index (χ4n) is 1.86. The van der Waals surface area contributed by atoms with Gasteiger partial charge in [-0.05, 0) is 38.9 Å². The van der Waals surface area contributed by atoms with Gasteiger partial charge in [0.25, 0.3) is 0 Å². The zero-order chi connectivity index (χ0) is 12.5. The molecule has 2 atom stereocenters. The van der Waals surface area contributed by atoms with Crippen molar-refractivity contribution in [2.45, 2.75) is 45.8 Å². The smallest absolute Gasteiger partial charge is 0.0703 e. The maximum Gasteiger partial charge on any atom is 0.0703 e. The minimum Gasteiger partial charge on any atom is -0.377 e. The molecule has 0 aliphatic carbocycles. The molecule has 0 spiro atoms. The minimum atomic E-state index is 0.216. The van der Waals surface area contributed by atoms with Crippen LogP contribution in [-0.4, -0.2) is 30.3 Å². The first-order chi connectivity index (χ1) is 8.27. The first kappa shape index (κ1) is 14.1. The molecule has 0 saturated heterocycles. The fourth-order valence-corrected chi connectivity index (χ4v) is 1.86. The van der Waals surface area contributed by atoms with E-state index in [-0.39, 0.29) is 6.10 Å². The quantitative estimate of drug-likeness (QED) is 0.752. The molecule has 0 aliphatic heterocycles. The number of ether oxygens (including phenoxy) is 1. The second kappa shape index (κ2) is 8.20. The summed E-state index contributed by atoms with van der Waals surface area (Å²) in [5.41, 5.74) is 1.12. The van der Waals surface area contributed by atoms with Crippen LogP contribution < -0.4 is 5.32 Å². The topological polar surface area (TPSA) is 34.2 Å². The van der Waals surface area contributed by atoms with E-state index in [1.54, 1.807) is 0 Å². The molecule has 1 heterocycles. The van der Waals surface area contributed by atoms with Gasteiger partial charge in [0, 0.05) is 31.0 Å². The highest BCUT2D eigenvalue weighted by Crippen LogP contribution is 2.06. The molecule has 1 aromatic heterocycles. The second-order valence-electron chi connectivity index (χ2n) is 4.25. The average Bonchev–Trinajstić information content (AvgIpc) is 2.36. The Balaban J connectivity index is 2.56. The van der Waals surface area contributed by atoms with E-state index in [0.717, 1.165) is 31.7 Å². The summed E-state index contributed by atoms with van der Waals surface area (Å²) in [5, 5.41) is 3.54. The third-order valence-corrected chi connectivity index (χ3v) is 2.81. The summed E-state index contributed by atoms with van der Waals surface area (Å²) in [6, 6.07) is 6.39. The Labute approximate surface area is 105 Å². The van der Waals surface area contributed by atoms with E-state index >= 15 is 0 Å². The Morgan fingerprint density at radius 2 is 2.18 bits per heavy atom. The van der Waals surface area contributed by atoms with Crippen LogP contribution in [0.25, 0.3) is 0 Å². The van der Waals surface area contributed by atoms with Crippen molar-refractivity contribution in [2.24, 2.45) is 0 Å². The molecule has 0 aromatic carbocycles. The number of hydrogen-bond donors (Lipinski definition) is 1. The maximum absolute atomic E-state index is 5.68. The van der Waals surface area contributed by atoms with Gasteiger partial charge in [-0.25, -0.2) is 0 Å². The zero-order valence-corrected chi connectivity index (χ0v) is 11.1. The van der Waals surface area contributed by atoms with Crippen molar-refractivity contribution in [1.29, 1.82) is 0 Å². The molecule has 17 heavy (non-hydrogen) atoms. The Bertz CT molecular complexity index is 290. The van der Waals surface area contributed by atoms with Crippen LogP contribution in [0.1, 0.15) is 32.9 Å². The Hall–Kier alpha value is -0.930. The fraction of sp³-hybridized carbons (Fsp3) is 0.643. The summed E-state index contributed by atoms with van der Waals surface area (Å²) in [6.07, 6.45) is 4.12. The van der Waals surface area contributed by atoms with Crippen molar-refractivity contribution in [1.82, 2.24) is 10.3 Å². The normalized spacial score (nSPS) is 14.5. The summed E-state index contributed by atoms with van der Waals surface area (Å²) in [6.45, 7) is 8.12. The molecule has 2 unspecified atom stereocenters. The summed E-state index contributed by atoms with van der Waals surface area (Å²) in [5.74, 6) is 0. The van der Waals surface area contributed by atoms with Gasteiger partial charge < -0.3 is 10.1 Å². The molecule has 3 nitrogen and oxygen atoms in total. The van der Waals surface area contributed by atoms with E-state index in [1.807, 2.05) is 25.3 Å². The van der Waals surface area contributed by atoms with Crippen LogP contribution in [0.2, 0.25) is 0 Å². The van der Waals surface area contributed by atoms with Crippen molar-refractivity contribution in [3.8, 4) is 0 Å². The van der Waals surface area contributed by atoms with Gasteiger partial charge in [-0.2, -0.15) is 0 Å². The predicted octanol–water partition coefficient (Wildman–Crippen LogP) is 2.42. The Kier molecular flexibility index (Phi) is 6.82. The number of pyridine rings is 1. The van der Waals surface area contributed by atoms with Crippen LogP contribution in [0.5, 0.6) is 0 Å². The van der Waals surface area contributed by atoms with Gasteiger partial charge in [0.1, 0.15) is 0 Å². The van der Waals surface area contributed by atoms with E-state index in [0.29, 0.717) is 6.04 Å². The standard InChI is InChI=1S/C14H24N2O/c1-4-9-16-14(12(3)17-5-2)11-13-8-6-7-10-15-13/h6-8,10,12,14,16H,4-5,9,11H2,1-3H3. The summed E-state index contributed by atoms with van der Waals surface area (Å²) >= 11 is 0. The van der Waals surface area contributed by atoms with Crippen molar-refractivity contribution in [2.75, 3.05) is 13.2 Å². The van der Waals surface area contributed by atoms with Crippen LogP contribution >= 0.6 is 0 Å². The van der Waals surface area contributed by atoms with Crippen molar-refractivity contribution >= 4 is 0 Å². The third kappa shape index (κ3) is 5.29. The molecule has 0 amide bonds. The van der Waals surface area contributed by atoms with Crippen molar-refractivity contribution in [3.05, 3.63) is 30.1 Å². The predicted molar refractivity (Wildman–Crippen MR) is 71.1 cm³/mol. The first-order valence-corrected chi connectivity index (χ1v) is 6.52. The number of nitrogens with one attached hydrogen (secondary N) is 1. The zero-order valence-electron chi connectivity index (χ0n) is 11.1. The van der Waals surface area contributed by atoms with Gasteiger partial charge in [-0.15, -0.1) is 0 Å². The molecule has 0 fully saturated rings. The van der Waals surface area contributed by atoms with Gasteiger partial charge in [0.2, 0.25) is 0 Å². The third-order valence-electron chi connectivity index (χ3n) is 2.81. The number of nitrogens with zero attached hydrogens (tertiary/aromatic N) is 1. The molecular weight excluding hydrogens is 212 g/mol. The van der Waals surface area contributed by atoms with Crippen molar-refractivity contribution < 1.29 is 4.74 Å². The van der Waals surface area contributed by atoms with Gasteiger partial charge in [0.15, 0.2) is 0 Å². The van der Waals surface area contributed by atoms with Gasteiger partial charge in [-0.3, -0.25) is 4.98 Å². The van der Waals surface area contributed by atoms with Crippen LogP contribution in [0.4, 0.5) is 0 Å². The molecule has 1 N–H and O–H groups in total. The van der Waals surface area contributed by atoms with Crippen LogP contribution in [0.3, 0.4) is 0 Å². The Morgan fingerprint density at radius 1 is 1.35 bits per heavy atom. The van der Waals surface area contributed by atoms with E-state index in [1.165, 1.54) is 0 Å². The molecule has 0 radical (unpaired) electrons. The summed E-state index contributed by atoms with van der Waals surface area (Å²) < 4.78 is 5.68. The second-order valence-corrected chi connectivity index (χ2v) is 4.25. The molecule has 1 aromatic rings. The average molecular weight is 236 g/mol. The minimum absolute atomic E-state index is 0.216. The van der Waals surface area contributed by atoms with Crippen LogP contribution in [0, 0.1) is 0 Å². The molecular formula is C14H24N2O. The largest absolute Gasteiger partial charge is 0.377 e. The van der Waals surface area contributed by atoms with E-state index in [2.05, 4.69) is 30.2 Å². The number of aromatic nitrogens is 1. The molecule has 1 rings (SSSR count). The van der Waals surface area contributed by atoms with Crippen molar-refractivity contribution in [3.63, 3.8) is 0 Å². The van der Waals surface area contributed by atoms with Gasteiger partial charge >= 0.3 is 0 Å². The first-order valence-electron chi connectivity index (χ1n) is 6.52. The summed E-state index contributed by atoms with van der Waals surface area (Å²) in [4.78, 5) is 4.37. The number of hydrogen-bond acceptors (Lipinski definition) is 3. The molecule has 0 aliphatic rings. The van der Waals surface area contributed by atoms with Gasteiger partial charge in [-0.1, -0.05) is 13.0 Å². The van der Waals surface area contributed by atoms with E-state index in [4.69, 9.17) is 4.74 Å². The summed E-state index contributed by atoms with van der Waals surface area (Å²) in [7, 11) is 0.